The molecule has 0 aliphatic carbocycles. The standard InChI is InChI=1S/C15H20N2O6/c1-9(2)5-6-16-15(22)17-13(20)8-23-14(21)11-4-3-10(18)7-12(11)19/h3-4,7,9,18-19H,5-6,8H2,1-2H3,(H2,16,17,20,22). The molecular weight excluding hydrogens is 304 g/mol. The maximum atomic E-state index is 11.7. The van der Waals surface area contributed by atoms with Crippen LogP contribution in [0.3, 0.4) is 0 Å². The highest BCUT2D eigenvalue weighted by molar-refractivity contribution is 5.97. The number of aromatic hydroxyl groups is 2. The van der Waals surface area contributed by atoms with Crippen LogP contribution in [-0.4, -0.2) is 41.3 Å². The molecule has 126 valence electrons. The lowest BCUT2D eigenvalue weighted by molar-refractivity contribution is -0.123. The topological polar surface area (TPSA) is 125 Å². The molecule has 0 saturated carbocycles. The van der Waals surface area contributed by atoms with E-state index in [0.717, 1.165) is 18.6 Å². The highest BCUT2D eigenvalue weighted by atomic mass is 16.5. The molecule has 0 heterocycles. The molecule has 0 atom stereocenters. The van der Waals surface area contributed by atoms with Crippen LogP contribution in [0, 0.1) is 5.92 Å². The average Bonchev–Trinajstić information content (AvgIpc) is 2.44. The number of benzene rings is 1. The third-order valence-electron chi connectivity index (χ3n) is 2.80. The Kier molecular flexibility index (Phi) is 6.85. The summed E-state index contributed by atoms with van der Waals surface area (Å²) < 4.78 is 4.68. The Hall–Kier alpha value is -2.77. The lowest BCUT2D eigenvalue weighted by Crippen LogP contribution is -2.41. The smallest absolute Gasteiger partial charge is 0.342 e. The van der Waals surface area contributed by atoms with Crippen LogP contribution >= 0.6 is 0 Å². The fourth-order valence-electron chi connectivity index (χ4n) is 1.58. The normalized spacial score (nSPS) is 10.2. The first-order valence-electron chi connectivity index (χ1n) is 7.06. The van der Waals surface area contributed by atoms with Gasteiger partial charge in [0.15, 0.2) is 6.61 Å². The number of rotatable bonds is 6. The number of carbonyl (C=O) groups is 3. The monoisotopic (exact) mass is 324 g/mol. The van der Waals surface area contributed by atoms with Crippen LogP contribution in [0.5, 0.6) is 11.5 Å². The number of hydrogen-bond donors (Lipinski definition) is 4. The third kappa shape index (κ3) is 6.68. The number of ether oxygens (including phenoxy) is 1. The number of nitrogens with one attached hydrogen (secondary N) is 2. The van der Waals surface area contributed by atoms with Crippen molar-refractivity contribution < 1.29 is 29.3 Å². The lowest BCUT2D eigenvalue weighted by Gasteiger charge is -2.09. The number of esters is 1. The quantitative estimate of drug-likeness (QED) is 0.581. The van der Waals surface area contributed by atoms with E-state index < -0.39 is 30.3 Å². The van der Waals surface area contributed by atoms with Gasteiger partial charge in [0.05, 0.1) is 0 Å². The first-order chi connectivity index (χ1) is 10.8. The van der Waals surface area contributed by atoms with Crippen LogP contribution in [0.4, 0.5) is 4.79 Å². The van der Waals surface area contributed by atoms with Crippen molar-refractivity contribution in [1.82, 2.24) is 10.6 Å². The summed E-state index contributed by atoms with van der Waals surface area (Å²) in [6, 6.07) is 2.65. The Morgan fingerprint density at radius 1 is 1.22 bits per heavy atom. The Morgan fingerprint density at radius 2 is 1.91 bits per heavy atom. The van der Waals surface area contributed by atoms with Crippen molar-refractivity contribution in [2.75, 3.05) is 13.2 Å². The predicted octanol–water partition coefficient (Wildman–Crippen LogP) is 1.13. The summed E-state index contributed by atoms with van der Waals surface area (Å²) in [5.41, 5.74) is -0.197. The molecule has 8 heteroatoms. The van der Waals surface area contributed by atoms with Gasteiger partial charge in [-0.15, -0.1) is 0 Å². The number of amides is 3. The maximum absolute atomic E-state index is 11.7. The minimum atomic E-state index is -0.946. The molecule has 4 N–H and O–H groups in total. The third-order valence-corrected chi connectivity index (χ3v) is 2.80. The second-order valence-corrected chi connectivity index (χ2v) is 5.26. The van der Waals surface area contributed by atoms with Crippen molar-refractivity contribution in [2.45, 2.75) is 20.3 Å². The highest BCUT2D eigenvalue weighted by Crippen LogP contribution is 2.22. The summed E-state index contributed by atoms with van der Waals surface area (Å²) in [7, 11) is 0. The van der Waals surface area contributed by atoms with Gasteiger partial charge in [0, 0.05) is 12.6 Å². The molecule has 23 heavy (non-hydrogen) atoms. The van der Waals surface area contributed by atoms with Gasteiger partial charge >= 0.3 is 12.0 Å². The summed E-state index contributed by atoms with van der Waals surface area (Å²) >= 11 is 0. The van der Waals surface area contributed by atoms with Gasteiger partial charge in [0.2, 0.25) is 0 Å². The molecule has 1 rings (SSSR count). The van der Waals surface area contributed by atoms with E-state index in [1.165, 1.54) is 6.07 Å². The molecule has 0 bridgehead atoms. The van der Waals surface area contributed by atoms with Gasteiger partial charge in [-0.1, -0.05) is 13.8 Å². The second-order valence-electron chi connectivity index (χ2n) is 5.26. The molecule has 0 spiro atoms. The van der Waals surface area contributed by atoms with E-state index >= 15 is 0 Å². The van der Waals surface area contributed by atoms with Gasteiger partial charge in [-0.05, 0) is 24.5 Å². The van der Waals surface area contributed by atoms with Crippen LogP contribution in [-0.2, 0) is 9.53 Å². The number of phenolic OH excluding ortho intramolecular Hbond substituents is 2. The molecule has 1 aromatic carbocycles. The largest absolute Gasteiger partial charge is 0.508 e. The number of urea groups is 1. The number of hydrogen-bond acceptors (Lipinski definition) is 6. The SMILES string of the molecule is CC(C)CCNC(=O)NC(=O)COC(=O)c1ccc(O)cc1O. The molecule has 1 aromatic rings. The van der Waals surface area contributed by atoms with Gasteiger partial charge < -0.3 is 20.3 Å². The molecule has 8 nitrogen and oxygen atoms in total. The summed E-state index contributed by atoms with van der Waals surface area (Å²) in [6.45, 7) is 3.76. The molecule has 0 fully saturated rings. The van der Waals surface area contributed by atoms with Crippen LogP contribution in [0.2, 0.25) is 0 Å². The summed E-state index contributed by atoms with van der Waals surface area (Å²) in [4.78, 5) is 34.5. The highest BCUT2D eigenvalue weighted by Gasteiger charge is 2.15. The van der Waals surface area contributed by atoms with Crippen molar-refractivity contribution >= 4 is 17.9 Å². The van der Waals surface area contributed by atoms with E-state index in [0.29, 0.717) is 12.5 Å². The zero-order chi connectivity index (χ0) is 17.4. The molecule has 3 amide bonds. The molecule has 0 radical (unpaired) electrons. The van der Waals surface area contributed by atoms with E-state index in [1.54, 1.807) is 0 Å². The molecule has 0 unspecified atom stereocenters. The van der Waals surface area contributed by atoms with Gasteiger partial charge in [-0.25, -0.2) is 9.59 Å². The molecular formula is C15H20N2O6. The fraction of sp³-hybridized carbons (Fsp3) is 0.400. The van der Waals surface area contributed by atoms with Crippen molar-refractivity contribution in [3.05, 3.63) is 23.8 Å². The van der Waals surface area contributed by atoms with E-state index in [-0.39, 0.29) is 11.3 Å². The fourth-order valence-corrected chi connectivity index (χ4v) is 1.58. The Labute approximate surface area is 133 Å². The van der Waals surface area contributed by atoms with Crippen LogP contribution < -0.4 is 10.6 Å². The molecule has 0 aliphatic rings. The van der Waals surface area contributed by atoms with Crippen LogP contribution in [0.1, 0.15) is 30.6 Å². The van der Waals surface area contributed by atoms with Crippen LogP contribution in [0.15, 0.2) is 18.2 Å². The maximum Gasteiger partial charge on any atom is 0.342 e. The summed E-state index contributed by atoms with van der Waals surface area (Å²) in [5, 5.41) is 23.1. The number of imide groups is 1. The zero-order valence-corrected chi connectivity index (χ0v) is 13.0. The second kappa shape index (κ2) is 8.62. The van der Waals surface area contributed by atoms with Gasteiger partial charge in [-0.2, -0.15) is 0 Å². The van der Waals surface area contributed by atoms with Crippen molar-refractivity contribution in [3.63, 3.8) is 0 Å². The van der Waals surface area contributed by atoms with Crippen molar-refractivity contribution in [3.8, 4) is 11.5 Å². The van der Waals surface area contributed by atoms with Crippen molar-refractivity contribution in [1.29, 1.82) is 0 Å². The summed E-state index contributed by atoms with van der Waals surface area (Å²) in [5.74, 6) is -2.00. The predicted molar refractivity (Wildman–Crippen MR) is 81.1 cm³/mol. The van der Waals surface area contributed by atoms with Crippen molar-refractivity contribution in [2.24, 2.45) is 5.92 Å². The van der Waals surface area contributed by atoms with E-state index in [4.69, 9.17) is 5.11 Å². The number of carbonyl (C=O) groups excluding carboxylic acids is 3. The molecule has 0 saturated heterocycles. The van der Waals surface area contributed by atoms with E-state index in [9.17, 15) is 19.5 Å². The molecule has 0 aromatic heterocycles. The minimum Gasteiger partial charge on any atom is -0.508 e. The van der Waals surface area contributed by atoms with E-state index in [2.05, 4.69) is 10.1 Å². The Bertz CT molecular complexity index is 585. The van der Waals surface area contributed by atoms with Gasteiger partial charge in [0.1, 0.15) is 17.1 Å². The zero-order valence-electron chi connectivity index (χ0n) is 13.0. The Balaban J connectivity index is 2.38. The van der Waals surface area contributed by atoms with Gasteiger partial charge in [0.25, 0.3) is 5.91 Å². The summed E-state index contributed by atoms with van der Waals surface area (Å²) in [6.07, 6.45) is 0.775. The first kappa shape index (κ1) is 18.3. The lowest BCUT2D eigenvalue weighted by atomic mass is 10.1. The Morgan fingerprint density at radius 3 is 2.52 bits per heavy atom. The van der Waals surface area contributed by atoms with E-state index in [1.807, 2.05) is 19.2 Å². The molecule has 0 aliphatic heterocycles. The first-order valence-corrected chi connectivity index (χ1v) is 7.06. The minimum absolute atomic E-state index is 0.197. The average molecular weight is 324 g/mol. The van der Waals surface area contributed by atoms with Crippen LogP contribution in [0.25, 0.3) is 0 Å². The number of phenols is 2. The van der Waals surface area contributed by atoms with Gasteiger partial charge in [-0.3, -0.25) is 10.1 Å².